The molecule has 0 nitrogen and oxygen atoms in total. The molecule has 0 aliphatic carbocycles. The van der Waals surface area contributed by atoms with E-state index in [1.54, 1.807) is 0 Å². The van der Waals surface area contributed by atoms with Crippen molar-refractivity contribution < 1.29 is 0 Å². The van der Waals surface area contributed by atoms with E-state index in [1.165, 1.54) is 10.4 Å². The van der Waals surface area contributed by atoms with Gasteiger partial charge in [-0.25, -0.2) is 0 Å². The fourth-order valence-electron chi connectivity index (χ4n) is 1.88. The van der Waals surface area contributed by atoms with Crippen LogP contribution in [0.2, 0.25) is 13.1 Å². The van der Waals surface area contributed by atoms with Crippen molar-refractivity contribution in [1.29, 1.82) is 0 Å². The van der Waals surface area contributed by atoms with E-state index in [-0.39, 0.29) is 0 Å². The van der Waals surface area contributed by atoms with Crippen LogP contribution in [0.5, 0.6) is 0 Å². The van der Waals surface area contributed by atoms with Crippen LogP contribution in [0.1, 0.15) is 0 Å². The van der Waals surface area contributed by atoms with E-state index in [2.05, 4.69) is 73.8 Å². The van der Waals surface area contributed by atoms with Gasteiger partial charge in [0.15, 0.2) is 0 Å². The van der Waals surface area contributed by atoms with Gasteiger partial charge in [0.1, 0.15) is 0 Å². The Balaban J connectivity index is 2.44. The Labute approximate surface area is 92.6 Å². The summed E-state index contributed by atoms with van der Waals surface area (Å²) in [5.74, 6) is 0. The monoisotopic (exact) mass is 212 g/mol. The van der Waals surface area contributed by atoms with Crippen molar-refractivity contribution in [2.24, 2.45) is 0 Å². The quantitative estimate of drug-likeness (QED) is 0.671. The van der Waals surface area contributed by atoms with Crippen LogP contribution in [0.25, 0.3) is 0 Å². The SMILES string of the molecule is C[Si-](C)(c1ccccc1)c1ccccc1. The van der Waals surface area contributed by atoms with E-state index in [0.717, 1.165) is 0 Å². The third kappa shape index (κ3) is 2.02. The van der Waals surface area contributed by atoms with E-state index in [4.69, 9.17) is 0 Å². The lowest BCUT2D eigenvalue weighted by Crippen LogP contribution is -2.52. The van der Waals surface area contributed by atoms with Crippen LogP contribution in [-0.2, 0) is 0 Å². The molecule has 15 heavy (non-hydrogen) atoms. The van der Waals surface area contributed by atoms with Crippen molar-refractivity contribution in [3.63, 3.8) is 0 Å². The van der Waals surface area contributed by atoms with Crippen LogP contribution < -0.4 is 10.4 Å². The molecule has 0 radical (unpaired) electrons. The largest absolute Gasteiger partial charge is 0.181 e. The molecular formula is C14H16Si-. The van der Waals surface area contributed by atoms with Crippen molar-refractivity contribution in [1.82, 2.24) is 0 Å². The summed E-state index contributed by atoms with van der Waals surface area (Å²) < 4.78 is 0. The summed E-state index contributed by atoms with van der Waals surface area (Å²) in [4.78, 5) is 0. The van der Waals surface area contributed by atoms with Crippen LogP contribution in [0.4, 0.5) is 0 Å². The minimum Gasteiger partial charge on any atom is -0.181 e. The fraction of sp³-hybridized carbons (Fsp3) is 0.143. The smallest absolute Gasteiger partial charge is 0.0625 e. The topological polar surface area (TPSA) is 0 Å². The highest BCUT2D eigenvalue weighted by atomic mass is 28.3. The standard InChI is InChI=1S/C14H16Si/c1-15(2,13-9-5-3-6-10-13)14-11-7-4-8-12-14/h3-12H,1-2H3/q-1. The van der Waals surface area contributed by atoms with Gasteiger partial charge in [0, 0.05) is 0 Å². The molecule has 0 heterocycles. The summed E-state index contributed by atoms with van der Waals surface area (Å²) in [5, 5.41) is 2.99. The van der Waals surface area contributed by atoms with Gasteiger partial charge >= 0.3 is 0 Å². The molecule has 0 unspecified atom stereocenters. The molecule has 0 atom stereocenters. The van der Waals surface area contributed by atoms with Gasteiger partial charge in [0.05, 0.1) is 0 Å². The molecule has 2 rings (SSSR count). The predicted octanol–water partition coefficient (Wildman–Crippen LogP) is 2.51. The molecular weight excluding hydrogens is 196 g/mol. The van der Waals surface area contributed by atoms with E-state index in [0.29, 0.717) is 0 Å². The number of benzene rings is 2. The maximum absolute atomic E-state index is 2.40. The fourth-order valence-corrected chi connectivity index (χ4v) is 4.26. The second kappa shape index (κ2) is 4.03. The van der Waals surface area contributed by atoms with Crippen molar-refractivity contribution in [3.8, 4) is 0 Å². The van der Waals surface area contributed by atoms with Gasteiger partial charge in [-0.3, -0.25) is 0 Å². The van der Waals surface area contributed by atoms with Crippen molar-refractivity contribution in [2.75, 3.05) is 0 Å². The van der Waals surface area contributed by atoms with Gasteiger partial charge in [-0.15, -0.1) is 0 Å². The van der Waals surface area contributed by atoms with E-state index < -0.39 is 8.07 Å². The average Bonchev–Trinajstić information content (AvgIpc) is 2.31. The van der Waals surface area contributed by atoms with Crippen LogP contribution >= 0.6 is 0 Å². The maximum Gasteiger partial charge on any atom is -0.0625 e. The van der Waals surface area contributed by atoms with Gasteiger partial charge < -0.3 is 0 Å². The maximum atomic E-state index is 2.40. The zero-order chi connectivity index (χ0) is 10.7. The van der Waals surface area contributed by atoms with Crippen molar-refractivity contribution >= 4 is 18.4 Å². The molecule has 0 aliphatic heterocycles. The Hall–Kier alpha value is -1.34. The Morgan fingerprint density at radius 1 is 0.600 bits per heavy atom. The first-order valence-electron chi connectivity index (χ1n) is 5.32. The number of rotatable bonds is 2. The average molecular weight is 212 g/mol. The zero-order valence-corrected chi connectivity index (χ0v) is 10.3. The molecule has 2 aromatic rings. The van der Waals surface area contributed by atoms with E-state index >= 15 is 0 Å². The first-order chi connectivity index (χ1) is 7.21. The summed E-state index contributed by atoms with van der Waals surface area (Å²) in [6.45, 7) is 4.80. The van der Waals surface area contributed by atoms with E-state index in [9.17, 15) is 0 Å². The summed E-state index contributed by atoms with van der Waals surface area (Å²) in [6.07, 6.45) is 0. The minimum atomic E-state index is -1.46. The first-order valence-corrected chi connectivity index (χ1v) is 8.32. The lowest BCUT2D eigenvalue weighted by Gasteiger charge is -2.36. The molecule has 2 aromatic carbocycles. The van der Waals surface area contributed by atoms with Gasteiger partial charge in [0.25, 0.3) is 0 Å². The molecule has 0 N–H and O–H groups in total. The molecule has 0 aliphatic rings. The zero-order valence-electron chi connectivity index (χ0n) is 9.27. The van der Waals surface area contributed by atoms with Crippen LogP contribution in [0, 0.1) is 0 Å². The van der Waals surface area contributed by atoms with Gasteiger partial charge in [0.2, 0.25) is 0 Å². The van der Waals surface area contributed by atoms with Gasteiger partial charge in [-0.05, 0) is 0 Å². The van der Waals surface area contributed by atoms with Crippen LogP contribution in [-0.4, -0.2) is 8.07 Å². The van der Waals surface area contributed by atoms with Crippen LogP contribution in [0.15, 0.2) is 60.7 Å². The Morgan fingerprint density at radius 2 is 0.933 bits per heavy atom. The third-order valence-corrected chi connectivity index (χ3v) is 6.54. The summed E-state index contributed by atoms with van der Waals surface area (Å²) in [6, 6.07) is 21.7. The number of hydrogen-bond acceptors (Lipinski definition) is 0. The lowest BCUT2D eigenvalue weighted by atomic mass is 10.4. The number of hydrogen-bond donors (Lipinski definition) is 0. The summed E-state index contributed by atoms with van der Waals surface area (Å²) >= 11 is 0. The molecule has 0 saturated heterocycles. The molecule has 1 heteroatoms. The lowest BCUT2D eigenvalue weighted by molar-refractivity contribution is 1.67. The molecule has 0 spiro atoms. The molecule has 0 saturated carbocycles. The van der Waals surface area contributed by atoms with Gasteiger partial charge in [-0.2, -0.15) is 23.5 Å². The first kappa shape index (κ1) is 10.2. The van der Waals surface area contributed by atoms with Gasteiger partial charge in [-0.1, -0.05) is 68.7 Å². The van der Waals surface area contributed by atoms with Crippen LogP contribution in [0.3, 0.4) is 0 Å². The summed E-state index contributed by atoms with van der Waals surface area (Å²) in [5.41, 5.74) is 0. The van der Waals surface area contributed by atoms with E-state index in [1.807, 2.05) is 0 Å². The highest BCUT2D eigenvalue weighted by Gasteiger charge is 2.11. The normalized spacial score (nSPS) is 11.3. The molecule has 0 aromatic heterocycles. The minimum absolute atomic E-state index is 1.46. The Morgan fingerprint density at radius 3 is 1.27 bits per heavy atom. The third-order valence-electron chi connectivity index (χ3n) is 2.99. The highest BCUT2D eigenvalue weighted by molar-refractivity contribution is 7.00. The highest BCUT2D eigenvalue weighted by Crippen LogP contribution is 2.03. The molecule has 0 fully saturated rings. The summed E-state index contributed by atoms with van der Waals surface area (Å²) in [7, 11) is -1.46. The molecule has 0 amide bonds. The Kier molecular flexibility index (Phi) is 2.74. The van der Waals surface area contributed by atoms with Crippen molar-refractivity contribution in [3.05, 3.63) is 60.7 Å². The van der Waals surface area contributed by atoms with Crippen molar-refractivity contribution in [2.45, 2.75) is 13.1 Å². The molecule has 0 bridgehead atoms. The second-order valence-electron chi connectivity index (χ2n) is 4.36. The Bertz CT molecular complexity index is 376. The predicted molar refractivity (Wildman–Crippen MR) is 69.6 cm³/mol. The second-order valence-corrected chi connectivity index (χ2v) is 8.76. The molecule has 77 valence electrons.